The number of alkyl carbamates (subject to hydrolysis) is 1. The molecule has 0 aliphatic heterocycles. The summed E-state index contributed by atoms with van der Waals surface area (Å²) in [6.07, 6.45) is 3.52. The molecule has 0 heterocycles. The first-order valence-corrected chi connectivity index (χ1v) is 5.48. The fourth-order valence-electron chi connectivity index (χ4n) is 1.45. The Balaban J connectivity index is 2.63. The summed E-state index contributed by atoms with van der Waals surface area (Å²) in [5, 5.41) is 2.79. The van der Waals surface area contributed by atoms with Crippen LogP contribution in [0.25, 0.3) is 0 Å². The molecule has 0 fully saturated rings. The number of ether oxygens (including phenoxy) is 1. The number of carbonyl (C=O) groups is 1. The largest absolute Gasteiger partial charge is 0.445 e. The van der Waals surface area contributed by atoms with Crippen molar-refractivity contribution >= 4 is 6.09 Å². The van der Waals surface area contributed by atoms with Gasteiger partial charge in [0.2, 0.25) is 0 Å². The molecule has 1 N–H and O–H groups in total. The van der Waals surface area contributed by atoms with Gasteiger partial charge in [-0.25, -0.2) is 4.79 Å². The molecule has 0 saturated heterocycles. The van der Waals surface area contributed by atoms with Gasteiger partial charge in [-0.2, -0.15) is 0 Å². The SMILES string of the molecule is C=CCOC(=O)N[C@H](CC=C)c1ccccc1. The van der Waals surface area contributed by atoms with Gasteiger partial charge in [-0.1, -0.05) is 49.1 Å². The highest BCUT2D eigenvalue weighted by atomic mass is 16.5. The molecule has 0 radical (unpaired) electrons. The second-order valence-corrected chi connectivity index (χ2v) is 3.52. The van der Waals surface area contributed by atoms with Crippen LogP contribution in [0.3, 0.4) is 0 Å². The van der Waals surface area contributed by atoms with Gasteiger partial charge in [0.05, 0.1) is 6.04 Å². The average Bonchev–Trinajstić information content (AvgIpc) is 2.37. The van der Waals surface area contributed by atoms with Crippen LogP contribution in [0.2, 0.25) is 0 Å². The van der Waals surface area contributed by atoms with Crippen molar-refractivity contribution in [1.82, 2.24) is 5.32 Å². The predicted molar refractivity (Wildman–Crippen MR) is 68.7 cm³/mol. The van der Waals surface area contributed by atoms with E-state index < -0.39 is 6.09 Å². The minimum absolute atomic E-state index is 0.106. The maximum Gasteiger partial charge on any atom is 0.407 e. The Morgan fingerprint density at radius 2 is 2.00 bits per heavy atom. The van der Waals surface area contributed by atoms with Crippen molar-refractivity contribution in [2.45, 2.75) is 12.5 Å². The van der Waals surface area contributed by atoms with Gasteiger partial charge >= 0.3 is 6.09 Å². The Morgan fingerprint density at radius 3 is 2.59 bits per heavy atom. The number of benzene rings is 1. The third kappa shape index (κ3) is 4.55. The number of nitrogens with one attached hydrogen (secondary N) is 1. The second kappa shape index (κ2) is 7.28. The third-order valence-corrected chi connectivity index (χ3v) is 2.23. The molecule has 0 unspecified atom stereocenters. The normalized spacial score (nSPS) is 11.3. The van der Waals surface area contributed by atoms with E-state index >= 15 is 0 Å². The lowest BCUT2D eigenvalue weighted by Gasteiger charge is -2.17. The molecule has 1 aromatic rings. The fraction of sp³-hybridized carbons (Fsp3) is 0.214. The average molecular weight is 231 g/mol. The van der Waals surface area contributed by atoms with Crippen molar-refractivity contribution in [2.24, 2.45) is 0 Å². The van der Waals surface area contributed by atoms with E-state index in [1.807, 2.05) is 30.3 Å². The molecular weight excluding hydrogens is 214 g/mol. The van der Waals surface area contributed by atoms with Crippen molar-refractivity contribution in [3.63, 3.8) is 0 Å². The predicted octanol–water partition coefficient (Wildman–Crippen LogP) is 3.22. The fourth-order valence-corrected chi connectivity index (χ4v) is 1.45. The lowest BCUT2D eigenvalue weighted by Crippen LogP contribution is -2.28. The highest BCUT2D eigenvalue weighted by molar-refractivity contribution is 5.68. The van der Waals surface area contributed by atoms with Crippen LogP contribution >= 0.6 is 0 Å². The molecule has 3 heteroatoms. The molecule has 3 nitrogen and oxygen atoms in total. The van der Waals surface area contributed by atoms with Crippen molar-refractivity contribution in [2.75, 3.05) is 6.61 Å². The topological polar surface area (TPSA) is 38.3 Å². The summed E-state index contributed by atoms with van der Waals surface area (Å²) < 4.78 is 4.89. The summed E-state index contributed by atoms with van der Waals surface area (Å²) in [7, 11) is 0. The molecule has 0 aromatic heterocycles. The van der Waals surface area contributed by atoms with Crippen molar-refractivity contribution in [1.29, 1.82) is 0 Å². The number of carbonyl (C=O) groups excluding carboxylic acids is 1. The maximum absolute atomic E-state index is 11.4. The van der Waals surface area contributed by atoms with Gasteiger partial charge in [-0.3, -0.25) is 0 Å². The molecule has 1 aromatic carbocycles. The van der Waals surface area contributed by atoms with E-state index in [4.69, 9.17) is 4.74 Å². The van der Waals surface area contributed by atoms with Crippen molar-refractivity contribution in [3.05, 3.63) is 61.2 Å². The quantitative estimate of drug-likeness (QED) is 0.763. The Morgan fingerprint density at radius 1 is 1.29 bits per heavy atom. The van der Waals surface area contributed by atoms with E-state index in [2.05, 4.69) is 18.5 Å². The number of hydrogen-bond acceptors (Lipinski definition) is 2. The number of rotatable bonds is 6. The van der Waals surface area contributed by atoms with Crippen molar-refractivity contribution < 1.29 is 9.53 Å². The van der Waals surface area contributed by atoms with E-state index in [1.54, 1.807) is 6.08 Å². The molecule has 0 saturated carbocycles. The molecule has 0 aliphatic carbocycles. The van der Waals surface area contributed by atoms with E-state index in [0.29, 0.717) is 6.42 Å². The van der Waals surface area contributed by atoms with Gasteiger partial charge in [0.15, 0.2) is 0 Å². The standard InChI is InChI=1S/C14H17NO2/c1-3-8-13(12-9-6-5-7-10-12)15-14(16)17-11-4-2/h3-7,9-10,13H,1-2,8,11H2,(H,15,16)/t13-/m1/s1. The molecule has 0 spiro atoms. The summed E-state index contributed by atoms with van der Waals surface area (Å²) in [6.45, 7) is 7.38. The van der Waals surface area contributed by atoms with Gasteiger partial charge < -0.3 is 10.1 Å². The van der Waals surface area contributed by atoms with Gasteiger partial charge in [-0.15, -0.1) is 6.58 Å². The molecule has 0 bridgehead atoms. The van der Waals surface area contributed by atoms with Gasteiger partial charge in [-0.05, 0) is 12.0 Å². The van der Waals surface area contributed by atoms with Crippen LogP contribution in [-0.4, -0.2) is 12.7 Å². The van der Waals surface area contributed by atoms with E-state index in [1.165, 1.54) is 6.08 Å². The lowest BCUT2D eigenvalue weighted by molar-refractivity contribution is 0.154. The molecule has 17 heavy (non-hydrogen) atoms. The van der Waals surface area contributed by atoms with Crippen LogP contribution in [-0.2, 0) is 4.74 Å². The first-order chi connectivity index (χ1) is 8.27. The number of hydrogen-bond donors (Lipinski definition) is 1. The van der Waals surface area contributed by atoms with E-state index in [-0.39, 0.29) is 12.6 Å². The van der Waals surface area contributed by atoms with Crippen LogP contribution in [0.4, 0.5) is 4.79 Å². The van der Waals surface area contributed by atoms with Gasteiger partial charge in [0, 0.05) is 0 Å². The Hall–Kier alpha value is -2.03. The summed E-state index contributed by atoms with van der Waals surface area (Å²) >= 11 is 0. The minimum Gasteiger partial charge on any atom is -0.445 e. The number of amides is 1. The lowest BCUT2D eigenvalue weighted by atomic mass is 10.0. The van der Waals surface area contributed by atoms with Crippen LogP contribution in [0.15, 0.2) is 55.6 Å². The van der Waals surface area contributed by atoms with Crippen LogP contribution in [0.1, 0.15) is 18.0 Å². The molecular formula is C14H17NO2. The second-order valence-electron chi connectivity index (χ2n) is 3.52. The van der Waals surface area contributed by atoms with Gasteiger partial charge in [0.1, 0.15) is 6.61 Å². The monoisotopic (exact) mass is 231 g/mol. The highest BCUT2D eigenvalue weighted by Crippen LogP contribution is 2.16. The summed E-state index contributed by atoms with van der Waals surface area (Å²) in [5.41, 5.74) is 1.03. The third-order valence-electron chi connectivity index (χ3n) is 2.23. The zero-order valence-corrected chi connectivity index (χ0v) is 9.76. The maximum atomic E-state index is 11.4. The smallest absolute Gasteiger partial charge is 0.407 e. The van der Waals surface area contributed by atoms with Crippen LogP contribution in [0, 0.1) is 0 Å². The zero-order chi connectivity index (χ0) is 12.5. The zero-order valence-electron chi connectivity index (χ0n) is 9.76. The molecule has 1 atom stereocenters. The van der Waals surface area contributed by atoms with Crippen molar-refractivity contribution in [3.8, 4) is 0 Å². The highest BCUT2D eigenvalue weighted by Gasteiger charge is 2.13. The molecule has 0 aliphatic rings. The Bertz CT molecular complexity index is 373. The first-order valence-electron chi connectivity index (χ1n) is 5.48. The Kier molecular flexibility index (Phi) is 5.58. The molecule has 1 rings (SSSR count). The summed E-state index contributed by atoms with van der Waals surface area (Å²) in [5.74, 6) is 0. The van der Waals surface area contributed by atoms with Gasteiger partial charge in [0.25, 0.3) is 0 Å². The van der Waals surface area contributed by atoms with E-state index in [9.17, 15) is 4.79 Å². The van der Waals surface area contributed by atoms with E-state index in [0.717, 1.165) is 5.56 Å². The first kappa shape index (κ1) is 13.0. The molecule has 90 valence electrons. The van der Waals surface area contributed by atoms with Crippen LogP contribution < -0.4 is 5.32 Å². The minimum atomic E-state index is -0.444. The summed E-state index contributed by atoms with van der Waals surface area (Å²) in [4.78, 5) is 11.4. The Labute approximate surface area is 102 Å². The molecule has 1 amide bonds. The summed E-state index contributed by atoms with van der Waals surface area (Å²) in [6, 6.07) is 9.62. The van der Waals surface area contributed by atoms with Crippen LogP contribution in [0.5, 0.6) is 0 Å².